The molecule has 0 radical (unpaired) electrons. The number of ketones is 1. The molecule has 2 N–H and O–H groups in total. The van der Waals surface area contributed by atoms with Crippen LogP contribution in [0.3, 0.4) is 0 Å². The highest BCUT2D eigenvalue weighted by Crippen LogP contribution is 2.19. The van der Waals surface area contributed by atoms with Crippen molar-refractivity contribution in [3.8, 4) is 0 Å². The van der Waals surface area contributed by atoms with Crippen LogP contribution in [-0.4, -0.2) is 33.5 Å². The van der Waals surface area contributed by atoms with Gasteiger partial charge in [0.25, 0.3) is 5.91 Å². The number of hydrogen-bond acceptors (Lipinski definition) is 3. The van der Waals surface area contributed by atoms with E-state index in [0.717, 1.165) is 25.7 Å². The third-order valence-electron chi connectivity index (χ3n) is 3.68. The predicted octanol–water partition coefficient (Wildman–Crippen LogP) is 1.26. The Kier molecular flexibility index (Phi) is 4.04. The lowest BCUT2D eigenvalue weighted by Crippen LogP contribution is -2.39. The maximum atomic E-state index is 12.1. The van der Waals surface area contributed by atoms with Crippen LogP contribution < -0.4 is 5.32 Å². The van der Waals surface area contributed by atoms with Crippen molar-refractivity contribution in [3.63, 3.8) is 0 Å². The molecule has 104 valence electrons. The van der Waals surface area contributed by atoms with Gasteiger partial charge in [0, 0.05) is 24.8 Å². The summed E-state index contributed by atoms with van der Waals surface area (Å²) in [6.07, 6.45) is 4.51. The van der Waals surface area contributed by atoms with E-state index in [0.29, 0.717) is 11.3 Å². The van der Waals surface area contributed by atoms with Crippen LogP contribution in [0.5, 0.6) is 0 Å². The van der Waals surface area contributed by atoms with Crippen LogP contribution in [0, 0.1) is 0 Å². The average Bonchev–Trinajstić information content (AvgIpc) is 2.74. The van der Waals surface area contributed by atoms with Gasteiger partial charge in [0.05, 0.1) is 6.10 Å². The highest BCUT2D eigenvalue weighted by atomic mass is 16.3. The summed E-state index contributed by atoms with van der Waals surface area (Å²) in [6.45, 7) is 1.49. The number of Topliss-reactive ketones (excluding diaryl/α,β-unsaturated/α-hetero) is 1. The molecule has 1 aromatic rings. The second-order valence-corrected chi connectivity index (χ2v) is 5.26. The molecule has 1 fully saturated rings. The van der Waals surface area contributed by atoms with E-state index in [1.165, 1.54) is 6.92 Å². The lowest BCUT2D eigenvalue weighted by Gasteiger charge is -2.26. The molecule has 1 aromatic heterocycles. The van der Waals surface area contributed by atoms with Gasteiger partial charge < -0.3 is 15.0 Å². The molecule has 0 bridgehead atoms. The van der Waals surface area contributed by atoms with Gasteiger partial charge in [-0.05, 0) is 38.7 Å². The molecule has 0 aliphatic heterocycles. The molecule has 2 rings (SSSR count). The number of nitrogens with one attached hydrogen (secondary N) is 1. The van der Waals surface area contributed by atoms with Gasteiger partial charge in [0.15, 0.2) is 5.78 Å². The molecule has 1 amide bonds. The third kappa shape index (κ3) is 3.23. The molecule has 1 heterocycles. The fourth-order valence-electron chi connectivity index (χ4n) is 2.46. The molecule has 0 atom stereocenters. The number of aromatic nitrogens is 1. The predicted molar refractivity (Wildman–Crippen MR) is 71.1 cm³/mol. The van der Waals surface area contributed by atoms with Gasteiger partial charge in [-0.15, -0.1) is 0 Å². The summed E-state index contributed by atoms with van der Waals surface area (Å²) in [5, 5.41) is 12.4. The molecule has 5 nitrogen and oxygen atoms in total. The first-order chi connectivity index (χ1) is 8.97. The molecular formula is C14H20N2O3. The van der Waals surface area contributed by atoms with Gasteiger partial charge in [-0.3, -0.25) is 9.59 Å². The van der Waals surface area contributed by atoms with E-state index in [2.05, 4.69) is 5.32 Å². The van der Waals surface area contributed by atoms with Crippen LogP contribution in [0.15, 0.2) is 12.3 Å². The largest absolute Gasteiger partial charge is 0.393 e. The van der Waals surface area contributed by atoms with E-state index in [1.54, 1.807) is 23.9 Å². The van der Waals surface area contributed by atoms with Crippen molar-refractivity contribution >= 4 is 11.7 Å². The number of amides is 1. The van der Waals surface area contributed by atoms with Gasteiger partial charge in [-0.2, -0.15) is 0 Å². The van der Waals surface area contributed by atoms with Gasteiger partial charge in [-0.1, -0.05) is 0 Å². The fraction of sp³-hybridized carbons (Fsp3) is 0.571. The fourth-order valence-corrected chi connectivity index (χ4v) is 2.46. The van der Waals surface area contributed by atoms with Gasteiger partial charge in [0.2, 0.25) is 0 Å². The number of aliphatic hydroxyl groups excluding tert-OH is 1. The topological polar surface area (TPSA) is 71.3 Å². The molecule has 0 saturated heterocycles. The minimum absolute atomic E-state index is 0.0459. The van der Waals surface area contributed by atoms with Crippen molar-refractivity contribution in [2.24, 2.45) is 7.05 Å². The smallest absolute Gasteiger partial charge is 0.268 e. The highest BCUT2D eigenvalue weighted by molar-refractivity contribution is 5.99. The van der Waals surface area contributed by atoms with Gasteiger partial charge in [-0.25, -0.2) is 0 Å². The number of nitrogens with zero attached hydrogens (tertiary/aromatic N) is 1. The summed E-state index contributed by atoms with van der Waals surface area (Å²) >= 11 is 0. The van der Waals surface area contributed by atoms with Crippen LogP contribution in [0.1, 0.15) is 53.5 Å². The molecule has 19 heavy (non-hydrogen) atoms. The number of aliphatic hydroxyl groups is 1. The maximum Gasteiger partial charge on any atom is 0.268 e. The molecule has 1 aliphatic carbocycles. The van der Waals surface area contributed by atoms with Crippen LogP contribution >= 0.6 is 0 Å². The Labute approximate surface area is 112 Å². The van der Waals surface area contributed by atoms with Crippen molar-refractivity contribution in [3.05, 3.63) is 23.5 Å². The van der Waals surface area contributed by atoms with Crippen LogP contribution in [0.25, 0.3) is 0 Å². The average molecular weight is 264 g/mol. The molecule has 0 aromatic carbocycles. The minimum atomic E-state index is -0.229. The van der Waals surface area contributed by atoms with E-state index < -0.39 is 0 Å². The molecule has 1 aliphatic rings. The SMILES string of the molecule is CC(=O)c1cc(C(=O)NC2CCC(O)CC2)n(C)c1. The van der Waals surface area contributed by atoms with Crippen molar-refractivity contribution in [1.82, 2.24) is 9.88 Å². The summed E-state index contributed by atoms with van der Waals surface area (Å²) in [6, 6.07) is 1.74. The summed E-state index contributed by atoms with van der Waals surface area (Å²) in [5.41, 5.74) is 1.04. The first kappa shape index (κ1) is 13.8. The minimum Gasteiger partial charge on any atom is -0.393 e. The molecular weight excluding hydrogens is 244 g/mol. The molecule has 5 heteroatoms. The lowest BCUT2D eigenvalue weighted by molar-refractivity contribution is 0.0860. The Morgan fingerprint density at radius 3 is 2.47 bits per heavy atom. The first-order valence-electron chi connectivity index (χ1n) is 6.63. The van der Waals surface area contributed by atoms with E-state index in [-0.39, 0.29) is 23.8 Å². The summed E-state index contributed by atoms with van der Waals surface area (Å²) < 4.78 is 1.67. The number of rotatable bonds is 3. The number of carbonyl (C=O) groups is 2. The quantitative estimate of drug-likeness (QED) is 0.807. The number of hydrogen-bond donors (Lipinski definition) is 2. The molecule has 0 spiro atoms. The Bertz CT molecular complexity index is 485. The Morgan fingerprint density at radius 1 is 1.32 bits per heavy atom. The highest BCUT2D eigenvalue weighted by Gasteiger charge is 2.22. The van der Waals surface area contributed by atoms with Gasteiger partial charge >= 0.3 is 0 Å². The number of carbonyl (C=O) groups excluding carboxylic acids is 2. The second-order valence-electron chi connectivity index (χ2n) is 5.26. The van der Waals surface area contributed by atoms with E-state index in [1.807, 2.05) is 0 Å². The van der Waals surface area contributed by atoms with Crippen LogP contribution in [-0.2, 0) is 7.05 Å². The summed E-state index contributed by atoms with van der Waals surface area (Å²) in [5.74, 6) is -0.202. The Morgan fingerprint density at radius 2 is 1.95 bits per heavy atom. The molecule has 0 unspecified atom stereocenters. The van der Waals surface area contributed by atoms with E-state index >= 15 is 0 Å². The Hall–Kier alpha value is -1.62. The zero-order chi connectivity index (χ0) is 14.0. The standard InChI is InChI=1S/C14H20N2O3/c1-9(17)10-7-13(16(2)8-10)14(19)15-11-3-5-12(18)6-4-11/h7-8,11-12,18H,3-6H2,1-2H3,(H,15,19). The zero-order valence-electron chi connectivity index (χ0n) is 11.3. The molecule has 1 saturated carbocycles. The van der Waals surface area contributed by atoms with Crippen LogP contribution in [0.2, 0.25) is 0 Å². The zero-order valence-corrected chi connectivity index (χ0v) is 11.3. The van der Waals surface area contributed by atoms with Crippen molar-refractivity contribution in [2.45, 2.75) is 44.8 Å². The van der Waals surface area contributed by atoms with Crippen molar-refractivity contribution in [2.75, 3.05) is 0 Å². The van der Waals surface area contributed by atoms with Gasteiger partial charge in [0.1, 0.15) is 5.69 Å². The second kappa shape index (κ2) is 5.57. The maximum absolute atomic E-state index is 12.1. The van der Waals surface area contributed by atoms with E-state index in [9.17, 15) is 14.7 Å². The summed E-state index contributed by atoms with van der Waals surface area (Å²) in [4.78, 5) is 23.4. The normalized spacial score (nSPS) is 23.1. The first-order valence-corrected chi connectivity index (χ1v) is 6.63. The Balaban J connectivity index is 2.02. The third-order valence-corrected chi connectivity index (χ3v) is 3.68. The summed E-state index contributed by atoms with van der Waals surface area (Å²) in [7, 11) is 1.76. The number of aryl methyl sites for hydroxylation is 1. The van der Waals surface area contributed by atoms with E-state index in [4.69, 9.17) is 0 Å². The lowest BCUT2D eigenvalue weighted by atomic mass is 9.93. The monoisotopic (exact) mass is 264 g/mol. The van der Waals surface area contributed by atoms with Crippen molar-refractivity contribution in [1.29, 1.82) is 0 Å². The van der Waals surface area contributed by atoms with Crippen molar-refractivity contribution < 1.29 is 14.7 Å². The van der Waals surface area contributed by atoms with Crippen LogP contribution in [0.4, 0.5) is 0 Å².